The van der Waals surface area contributed by atoms with Crippen molar-refractivity contribution in [3.63, 3.8) is 0 Å². The third-order valence-corrected chi connectivity index (χ3v) is 3.35. The molecule has 0 atom stereocenters. The summed E-state index contributed by atoms with van der Waals surface area (Å²) in [5.41, 5.74) is 0.0728. The van der Waals surface area contributed by atoms with Crippen molar-refractivity contribution in [1.29, 1.82) is 0 Å². The van der Waals surface area contributed by atoms with Gasteiger partial charge < -0.3 is 9.84 Å². The molecule has 2 rings (SSSR count). The number of aromatic carboxylic acids is 1. The Balaban J connectivity index is 2.15. The van der Waals surface area contributed by atoms with Gasteiger partial charge in [-0.05, 0) is 37.8 Å². The molecule has 1 aliphatic carbocycles. The first-order valence-electron chi connectivity index (χ1n) is 6.23. The van der Waals surface area contributed by atoms with E-state index in [2.05, 4.69) is 4.98 Å². The predicted octanol–water partition coefficient (Wildman–Crippen LogP) is 3.53. The normalized spacial score (nSPS) is 17.2. The maximum absolute atomic E-state index is 11.1. The van der Waals surface area contributed by atoms with Crippen LogP contribution in [-0.4, -0.2) is 22.2 Å². The number of rotatable bonds is 3. The lowest BCUT2D eigenvalue weighted by Gasteiger charge is -2.17. The second-order valence-electron chi connectivity index (χ2n) is 4.52. The van der Waals surface area contributed by atoms with Gasteiger partial charge in [-0.25, -0.2) is 9.78 Å². The van der Waals surface area contributed by atoms with Crippen molar-refractivity contribution in [2.75, 3.05) is 0 Å². The lowest BCUT2D eigenvalue weighted by atomic mass is 10.1. The number of hydrogen-bond donors (Lipinski definition) is 1. The van der Waals surface area contributed by atoms with E-state index >= 15 is 0 Å². The lowest BCUT2D eigenvalue weighted by molar-refractivity contribution is 0.0686. The molecule has 4 nitrogen and oxygen atoms in total. The summed E-state index contributed by atoms with van der Waals surface area (Å²) in [5.74, 6) is -0.898. The molecule has 0 aliphatic heterocycles. The number of hydrogen-bond acceptors (Lipinski definition) is 3. The molecule has 0 amide bonds. The lowest BCUT2D eigenvalue weighted by Crippen LogP contribution is -2.18. The highest BCUT2D eigenvalue weighted by atomic mass is 35.5. The van der Waals surface area contributed by atoms with E-state index in [-0.39, 0.29) is 22.7 Å². The summed E-state index contributed by atoms with van der Waals surface area (Å²) in [7, 11) is 0. The molecule has 18 heavy (non-hydrogen) atoms. The first kappa shape index (κ1) is 13.1. The maximum Gasteiger partial charge on any atom is 0.341 e. The van der Waals surface area contributed by atoms with E-state index in [1.165, 1.54) is 25.0 Å². The van der Waals surface area contributed by atoms with Crippen LogP contribution < -0.4 is 4.74 Å². The molecule has 5 heteroatoms. The molecule has 1 fully saturated rings. The topological polar surface area (TPSA) is 59.4 Å². The number of pyridine rings is 1. The Bertz CT molecular complexity index is 428. The van der Waals surface area contributed by atoms with Gasteiger partial charge in [0.15, 0.2) is 0 Å². The van der Waals surface area contributed by atoms with Crippen LogP contribution in [0.2, 0.25) is 5.15 Å². The minimum Gasteiger partial charge on any atom is -0.477 e. The van der Waals surface area contributed by atoms with Crippen LogP contribution in [0.25, 0.3) is 0 Å². The Labute approximate surface area is 111 Å². The molecule has 0 spiro atoms. The molecule has 0 radical (unpaired) electrons. The zero-order valence-corrected chi connectivity index (χ0v) is 10.8. The van der Waals surface area contributed by atoms with Crippen LogP contribution in [0.4, 0.5) is 0 Å². The second kappa shape index (κ2) is 6.05. The van der Waals surface area contributed by atoms with Gasteiger partial charge in [-0.1, -0.05) is 24.4 Å². The molecular weight excluding hydrogens is 254 g/mol. The Morgan fingerprint density at radius 2 is 1.94 bits per heavy atom. The number of ether oxygens (including phenoxy) is 1. The molecule has 1 heterocycles. The highest BCUT2D eigenvalue weighted by Crippen LogP contribution is 2.25. The highest BCUT2D eigenvalue weighted by Gasteiger charge is 2.19. The fourth-order valence-corrected chi connectivity index (χ4v) is 2.33. The molecule has 0 unspecified atom stereocenters. The number of aromatic nitrogens is 1. The van der Waals surface area contributed by atoms with Crippen molar-refractivity contribution in [3.05, 3.63) is 22.8 Å². The summed E-state index contributed by atoms with van der Waals surface area (Å²) in [6, 6.07) is 2.90. The number of halogens is 1. The Morgan fingerprint density at radius 3 is 2.56 bits per heavy atom. The van der Waals surface area contributed by atoms with Gasteiger partial charge in [0.25, 0.3) is 0 Å². The number of carboxylic acids is 1. The zero-order valence-electron chi connectivity index (χ0n) is 10.1. The summed E-state index contributed by atoms with van der Waals surface area (Å²) >= 11 is 5.79. The SMILES string of the molecule is O=C(O)c1ccc(Cl)nc1OC1CCCCCC1. The van der Waals surface area contributed by atoms with Gasteiger partial charge in [0, 0.05) is 0 Å². The van der Waals surface area contributed by atoms with E-state index in [0.29, 0.717) is 0 Å². The largest absolute Gasteiger partial charge is 0.477 e. The molecule has 98 valence electrons. The van der Waals surface area contributed by atoms with Gasteiger partial charge in [0.2, 0.25) is 5.88 Å². The monoisotopic (exact) mass is 269 g/mol. The molecule has 1 aromatic heterocycles. The molecule has 0 bridgehead atoms. The summed E-state index contributed by atoms with van der Waals surface area (Å²) in [4.78, 5) is 15.1. The Morgan fingerprint density at radius 1 is 1.28 bits per heavy atom. The summed E-state index contributed by atoms with van der Waals surface area (Å²) in [6.07, 6.45) is 6.63. The van der Waals surface area contributed by atoms with Gasteiger partial charge in [-0.3, -0.25) is 0 Å². The fourth-order valence-electron chi connectivity index (χ4n) is 2.19. The van der Waals surface area contributed by atoms with E-state index in [1.54, 1.807) is 0 Å². The molecule has 0 saturated heterocycles. The quantitative estimate of drug-likeness (QED) is 0.674. The van der Waals surface area contributed by atoms with Crippen molar-refractivity contribution in [3.8, 4) is 5.88 Å². The van der Waals surface area contributed by atoms with Crippen molar-refractivity contribution >= 4 is 17.6 Å². The summed E-state index contributed by atoms with van der Waals surface area (Å²) in [6.45, 7) is 0. The first-order valence-corrected chi connectivity index (χ1v) is 6.61. The average molecular weight is 270 g/mol. The number of carbonyl (C=O) groups is 1. The number of nitrogens with zero attached hydrogens (tertiary/aromatic N) is 1. The molecule has 1 saturated carbocycles. The van der Waals surface area contributed by atoms with Crippen molar-refractivity contribution < 1.29 is 14.6 Å². The summed E-state index contributed by atoms with van der Waals surface area (Å²) < 4.78 is 5.73. The van der Waals surface area contributed by atoms with Crippen LogP contribution in [-0.2, 0) is 0 Å². The van der Waals surface area contributed by atoms with Crippen molar-refractivity contribution in [2.24, 2.45) is 0 Å². The minimum atomic E-state index is -1.04. The van der Waals surface area contributed by atoms with Gasteiger partial charge >= 0.3 is 5.97 Å². The van der Waals surface area contributed by atoms with Crippen LogP contribution in [0.15, 0.2) is 12.1 Å². The molecular formula is C13H16ClNO3. The van der Waals surface area contributed by atoms with E-state index in [4.69, 9.17) is 21.4 Å². The van der Waals surface area contributed by atoms with Gasteiger partial charge in [0.1, 0.15) is 16.8 Å². The second-order valence-corrected chi connectivity index (χ2v) is 4.91. The Hall–Kier alpha value is -1.29. The van der Waals surface area contributed by atoms with E-state index in [1.807, 2.05) is 0 Å². The van der Waals surface area contributed by atoms with Gasteiger partial charge in [-0.15, -0.1) is 0 Å². The predicted molar refractivity (Wildman–Crippen MR) is 68.3 cm³/mol. The summed E-state index contributed by atoms with van der Waals surface area (Å²) in [5, 5.41) is 9.33. The number of carboxylic acid groups (broad SMARTS) is 1. The van der Waals surface area contributed by atoms with Crippen LogP contribution in [0.5, 0.6) is 5.88 Å². The van der Waals surface area contributed by atoms with E-state index < -0.39 is 5.97 Å². The van der Waals surface area contributed by atoms with Gasteiger partial charge in [0.05, 0.1) is 0 Å². The van der Waals surface area contributed by atoms with Gasteiger partial charge in [-0.2, -0.15) is 0 Å². The fraction of sp³-hybridized carbons (Fsp3) is 0.538. The Kier molecular flexibility index (Phi) is 4.42. The van der Waals surface area contributed by atoms with Crippen LogP contribution in [0, 0.1) is 0 Å². The molecule has 1 aliphatic rings. The third kappa shape index (κ3) is 3.35. The van der Waals surface area contributed by atoms with Crippen molar-refractivity contribution in [1.82, 2.24) is 4.98 Å². The average Bonchev–Trinajstić information content (AvgIpc) is 2.57. The molecule has 0 aromatic carbocycles. The van der Waals surface area contributed by atoms with E-state index in [0.717, 1.165) is 25.7 Å². The minimum absolute atomic E-state index is 0.0524. The smallest absolute Gasteiger partial charge is 0.341 e. The molecule has 1 aromatic rings. The highest BCUT2D eigenvalue weighted by molar-refractivity contribution is 6.29. The van der Waals surface area contributed by atoms with E-state index in [9.17, 15) is 4.79 Å². The third-order valence-electron chi connectivity index (χ3n) is 3.14. The van der Waals surface area contributed by atoms with Crippen LogP contribution in [0.3, 0.4) is 0 Å². The maximum atomic E-state index is 11.1. The van der Waals surface area contributed by atoms with Crippen LogP contribution >= 0.6 is 11.6 Å². The zero-order chi connectivity index (χ0) is 13.0. The first-order chi connectivity index (χ1) is 8.66. The van der Waals surface area contributed by atoms with Crippen molar-refractivity contribution in [2.45, 2.75) is 44.6 Å². The van der Waals surface area contributed by atoms with Crippen LogP contribution in [0.1, 0.15) is 48.9 Å². The molecule has 1 N–H and O–H groups in total. The standard InChI is InChI=1S/C13H16ClNO3/c14-11-8-7-10(13(16)17)12(15-11)18-9-5-3-1-2-4-6-9/h7-9H,1-6H2,(H,16,17).